The lowest BCUT2D eigenvalue weighted by atomic mass is 9.90. The standard InChI is InChI=1S/C29H37FN2O7/c1-5-24(33)38-15-19-12-31(10-6-7-18(19)14-39-29(37)16(2)3)26-17(4)25-21(11-23(26)30)27(34)22(28(35)36)13-32(25)20-8-9-20/h11,13,16,18-20H,5-10,12,14-15H2,1-4H3,(H,35,36). The van der Waals surface area contributed by atoms with Crippen LogP contribution in [0.4, 0.5) is 10.1 Å². The van der Waals surface area contributed by atoms with Crippen LogP contribution >= 0.6 is 0 Å². The van der Waals surface area contributed by atoms with Crippen molar-refractivity contribution in [2.24, 2.45) is 17.8 Å². The van der Waals surface area contributed by atoms with Crippen molar-refractivity contribution in [3.8, 4) is 0 Å². The molecule has 1 N–H and O–H groups in total. The minimum atomic E-state index is -1.33. The molecule has 1 saturated carbocycles. The number of fused-ring (bicyclic) bond motifs is 1. The third kappa shape index (κ3) is 6.09. The normalized spacial score (nSPS) is 19.7. The fraction of sp³-hybridized carbons (Fsp3) is 0.586. The highest BCUT2D eigenvalue weighted by atomic mass is 19.1. The maximum atomic E-state index is 15.8. The van der Waals surface area contributed by atoms with E-state index in [-0.39, 0.29) is 66.3 Å². The smallest absolute Gasteiger partial charge is 0.341 e. The molecule has 0 spiro atoms. The number of carbonyl (C=O) groups excluding carboxylic acids is 2. The van der Waals surface area contributed by atoms with E-state index in [1.165, 1.54) is 6.20 Å². The molecule has 1 saturated heterocycles. The number of nitrogens with zero attached hydrogens (tertiary/aromatic N) is 2. The van der Waals surface area contributed by atoms with Crippen LogP contribution in [0.1, 0.15) is 74.8 Å². The molecule has 9 nitrogen and oxygen atoms in total. The number of rotatable bonds is 9. The number of aromatic nitrogens is 1. The lowest BCUT2D eigenvalue weighted by molar-refractivity contribution is -0.151. The van der Waals surface area contributed by atoms with Crippen molar-refractivity contribution >= 4 is 34.5 Å². The molecule has 2 aromatic rings. The molecule has 1 aliphatic heterocycles. The van der Waals surface area contributed by atoms with Gasteiger partial charge in [0.2, 0.25) is 5.43 Å². The number of aryl methyl sites for hydroxylation is 1. The number of carboxylic acid groups (broad SMARTS) is 1. The molecule has 39 heavy (non-hydrogen) atoms. The molecule has 0 radical (unpaired) electrons. The van der Waals surface area contributed by atoms with Gasteiger partial charge in [0.05, 0.1) is 30.3 Å². The van der Waals surface area contributed by atoms with E-state index in [4.69, 9.17) is 9.47 Å². The second-order valence-electron chi connectivity index (χ2n) is 11.0. The van der Waals surface area contributed by atoms with Gasteiger partial charge >= 0.3 is 17.9 Å². The number of benzene rings is 1. The Labute approximate surface area is 226 Å². The Hall–Kier alpha value is -3.43. The number of pyridine rings is 1. The van der Waals surface area contributed by atoms with Crippen LogP contribution in [0.25, 0.3) is 10.9 Å². The van der Waals surface area contributed by atoms with Gasteiger partial charge in [-0.25, -0.2) is 9.18 Å². The lowest BCUT2D eigenvalue weighted by Crippen LogP contribution is -2.36. The average Bonchev–Trinajstić information content (AvgIpc) is 3.74. The average molecular weight is 545 g/mol. The van der Waals surface area contributed by atoms with Gasteiger partial charge in [0, 0.05) is 49.0 Å². The zero-order valence-electron chi connectivity index (χ0n) is 23.0. The number of carboxylic acids is 1. The first-order chi connectivity index (χ1) is 18.5. The minimum Gasteiger partial charge on any atom is -0.477 e. The fourth-order valence-electron chi connectivity index (χ4n) is 5.42. The number of hydrogen-bond acceptors (Lipinski definition) is 7. The number of aromatic carboxylic acids is 1. The van der Waals surface area contributed by atoms with E-state index in [1.54, 1.807) is 27.7 Å². The molecule has 2 aliphatic rings. The van der Waals surface area contributed by atoms with Gasteiger partial charge in [0.1, 0.15) is 11.4 Å². The van der Waals surface area contributed by atoms with Gasteiger partial charge in [-0.3, -0.25) is 14.4 Å². The molecule has 2 fully saturated rings. The SMILES string of the molecule is CCC(=O)OCC1CN(c2c(F)cc3c(=O)c(C(=O)O)cn(C4CC4)c3c2C)CCCC1COC(=O)C(C)C. The van der Waals surface area contributed by atoms with Crippen molar-refractivity contribution < 1.29 is 33.4 Å². The van der Waals surface area contributed by atoms with Gasteiger partial charge in [0.25, 0.3) is 0 Å². The summed E-state index contributed by atoms with van der Waals surface area (Å²) in [6.07, 6.45) is 4.74. The van der Waals surface area contributed by atoms with Crippen molar-refractivity contribution in [2.45, 2.75) is 65.8 Å². The summed E-state index contributed by atoms with van der Waals surface area (Å²) in [6.45, 7) is 8.22. The highest BCUT2D eigenvalue weighted by molar-refractivity contribution is 5.95. The summed E-state index contributed by atoms with van der Waals surface area (Å²) in [7, 11) is 0. The third-order valence-electron chi connectivity index (χ3n) is 7.75. The second-order valence-corrected chi connectivity index (χ2v) is 11.0. The first-order valence-corrected chi connectivity index (χ1v) is 13.7. The van der Waals surface area contributed by atoms with Gasteiger partial charge in [-0.2, -0.15) is 0 Å². The molecule has 2 heterocycles. The predicted octanol–water partition coefficient (Wildman–Crippen LogP) is 4.47. The van der Waals surface area contributed by atoms with Crippen LogP contribution in [0, 0.1) is 30.5 Å². The number of esters is 2. The van der Waals surface area contributed by atoms with Crippen molar-refractivity contribution in [1.82, 2.24) is 4.57 Å². The number of halogens is 1. The van der Waals surface area contributed by atoms with Crippen LogP contribution in [0.5, 0.6) is 0 Å². The first kappa shape index (κ1) is 28.6. The molecule has 1 aromatic heterocycles. The molecule has 0 bridgehead atoms. The number of ether oxygens (including phenoxy) is 2. The molecule has 2 unspecified atom stereocenters. The molecular formula is C29H37FN2O7. The monoisotopic (exact) mass is 544 g/mol. The number of hydrogen-bond donors (Lipinski definition) is 1. The van der Waals surface area contributed by atoms with Crippen molar-refractivity contribution in [1.29, 1.82) is 0 Å². The molecule has 10 heteroatoms. The third-order valence-corrected chi connectivity index (χ3v) is 7.75. The Morgan fingerprint density at radius 1 is 1.13 bits per heavy atom. The van der Waals surface area contributed by atoms with E-state index in [0.717, 1.165) is 18.9 Å². The van der Waals surface area contributed by atoms with Gasteiger partial charge in [0.15, 0.2) is 0 Å². The number of carbonyl (C=O) groups is 3. The molecule has 1 aromatic carbocycles. The lowest BCUT2D eigenvalue weighted by Gasteiger charge is -2.31. The van der Waals surface area contributed by atoms with Gasteiger partial charge in [-0.1, -0.05) is 20.8 Å². The topological polar surface area (TPSA) is 115 Å². The molecular weight excluding hydrogens is 507 g/mol. The maximum Gasteiger partial charge on any atom is 0.341 e. The Bertz CT molecular complexity index is 1330. The van der Waals surface area contributed by atoms with Crippen LogP contribution in [0.2, 0.25) is 0 Å². The largest absolute Gasteiger partial charge is 0.477 e. The van der Waals surface area contributed by atoms with E-state index in [9.17, 15) is 24.3 Å². The Morgan fingerprint density at radius 2 is 1.82 bits per heavy atom. The first-order valence-electron chi connectivity index (χ1n) is 13.7. The van der Waals surface area contributed by atoms with Crippen LogP contribution in [-0.4, -0.2) is 53.9 Å². The molecule has 212 valence electrons. The quantitative estimate of drug-likeness (QED) is 0.460. The van der Waals surface area contributed by atoms with E-state index < -0.39 is 17.2 Å². The summed E-state index contributed by atoms with van der Waals surface area (Å²) in [4.78, 5) is 50.8. The Balaban J connectivity index is 1.73. The summed E-state index contributed by atoms with van der Waals surface area (Å²) in [6, 6.07) is 1.22. The van der Waals surface area contributed by atoms with Gasteiger partial charge in [-0.15, -0.1) is 0 Å². The Morgan fingerprint density at radius 3 is 2.44 bits per heavy atom. The maximum absolute atomic E-state index is 15.8. The van der Waals surface area contributed by atoms with Crippen LogP contribution < -0.4 is 10.3 Å². The van der Waals surface area contributed by atoms with Crippen LogP contribution in [0.3, 0.4) is 0 Å². The van der Waals surface area contributed by atoms with E-state index in [0.29, 0.717) is 42.7 Å². The summed E-state index contributed by atoms with van der Waals surface area (Å²) in [5.41, 5.74) is 0.401. The minimum absolute atomic E-state index is 0.0577. The molecule has 1 aliphatic carbocycles. The zero-order chi connectivity index (χ0) is 28.4. The molecule has 4 rings (SSSR count). The van der Waals surface area contributed by atoms with E-state index >= 15 is 4.39 Å². The zero-order valence-corrected chi connectivity index (χ0v) is 23.0. The summed E-state index contributed by atoms with van der Waals surface area (Å²) in [5, 5.41) is 9.62. The molecule has 0 amide bonds. The summed E-state index contributed by atoms with van der Waals surface area (Å²) < 4.78 is 28.7. The van der Waals surface area contributed by atoms with E-state index in [1.807, 2.05) is 9.47 Å². The van der Waals surface area contributed by atoms with Crippen molar-refractivity contribution in [3.63, 3.8) is 0 Å². The fourth-order valence-corrected chi connectivity index (χ4v) is 5.42. The van der Waals surface area contributed by atoms with Crippen LogP contribution in [0.15, 0.2) is 17.1 Å². The molecule has 2 atom stereocenters. The summed E-state index contributed by atoms with van der Waals surface area (Å²) in [5.74, 6) is -3.11. The number of anilines is 1. The predicted molar refractivity (Wildman–Crippen MR) is 144 cm³/mol. The summed E-state index contributed by atoms with van der Waals surface area (Å²) >= 11 is 0. The highest BCUT2D eigenvalue weighted by Crippen LogP contribution is 2.40. The second kappa shape index (κ2) is 11.8. The van der Waals surface area contributed by atoms with Gasteiger partial charge < -0.3 is 24.0 Å². The van der Waals surface area contributed by atoms with E-state index in [2.05, 4.69) is 0 Å². The Kier molecular flexibility index (Phi) is 8.61. The van der Waals surface area contributed by atoms with Crippen LogP contribution in [-0.2, 0) is 19.1 Å². The van der Waals surface area contributed by atoms with Gasteiger partial charge in [-0.05, 0) is 44.2 Å². The van der Waals surface area contributed by atoms with Crippen molar-refractivity contribution in [2.75, 3.05) is 31.2 Å². The highest BCUT2D eigenvalue weighted by Gasteiger charge is 2.33. The van der Waals surface area contributed by atoms with Crippen molar-refractivity contribution in [3.05, 3.63) is 39.4 Å².